The van der Waals surface area contributed by atoms with Crippen LogP contribution in [0.3, 0.4) is 0 Å². The van der Waals surface area contributed by atoms with E-state index in [0.29, 0.717) is 0 Å². The second-order valence-electron chi connectivity index (χ2n) is 5.52. The Morgan fingerprint density at radius 1 is 1.23 bits per heavy atom. The van der Waals surface area contributed by atoms with E-state index in [0.717, 1.165) is 24.9 Å². The Balaban J connectivity index is 2.40. The summed E-state index contributed by atoms with van der Waals surface area (Å²) < 4.78 is 0. The van der Waals surface area contributed by atoms with Gasteiger partial charge < -0.3 is 10.6 Å². The molecular formula is C11H24N2. The summed E-state index contributed by atoms with van der Waals surface area (Å²) in [7, 11) is 0. The topological polar surface area (TPSA) is 29.3 Å². The minimum atomic E-state index is 0.282. The number of nitrogens with two attached hydrogens (primary N) is 1. The summed E-state index contributed by atoms with van der Waals surface area (Å²) in [5, 5.41) is 0. The molecule has 2 nitrogen and oxygen atoms in total. The number of hydrogen-bond acceptors (Lipinski definition) is 2. The van der Waals surface area contributed by atoms with Crippen molar-refractivity contribution in [2.45, 2.75) is 27.7 Å². The molecule has 0 spiro atoms. The molecule has 0 saturated carbocycles. The lowest BCUT2D eigenvalue weighted by Crippen LogP contribution is -2.37. The fourth-order valence-electron chi connectivity index (χ4n) is 2.05. The van der Waals surface area contributed by atoms with Gasteiger partial charge in [0.25, 0.3) is 0 Å². The predicted octanol–water partition coefficient (Wildman–Crippen LogP) is 1.56. The Bertz CT molecular complexity index is 155. The van der Waals surface area contributed by atoms with Gasteiger partial charge in [0, 0.05) is 19.6 Å². The monoisotopic (exact) mass is 184 g/mol. The summed E-state index contributed by atoms with van der Waals surface area (Å²) >= 11 is 0. The molecular weight excluding hydrogens is 160 g/mol. The normalized spacial score (nSPS) is 31.2. The van der Waals surface area contributed by atoms with E-state index in [1.54, 1.807) is 0 Å². The van der Waals surface area contributed by atoms with E-state index in [2.05, 4.69) is 32.6 Å². The Labute approximate surface area is 82.5 Å². The van der Waals surface area contributed by atoms with Gasteiger partial charge in [0.05, 0.1) is 0 Å². The molecule has 0 radical (unpaired) electrons. The Hall–Kier alpha value is -0.0800. The number of hydrogen-bond donors (Lipinski definition) is 1. The Morgan fingerprint density at radius 3 is 2.08 bits per heavy atom. The predicted molar refractivity (Wildman–Crippen MR) is 57.6 cm³/mol. The zero-order valence-electron chi connectivity index (χ0n) is 9.51. The number of nitrogens with zero attached hydrogens (tertiary/aromatic N) is 1. The van der Waals surface area contributed by atoms with Gasteiger partial charge in [-0.05, 0) is 23.8 Å². The van der Waals surface area contributed by atoms with Gasteiger partial charge in [-0.15, -0.1) is 0 Å². The maximum absolute atomic E-state index is 5.73. The van der Waals surface area contributed by atoms with Crippen LogP contribution in [0.2, 0.25) is 0 Å². The summed E-state index contributed by atoms with van der Waals surface area (Å²) in [4.78, 5) is 2.56. The fourth-order valence-corrected chi connectivity index (χ4v) is 2.05. The molecule has 78 valence electrons. The van der Waals surface area contributed by atoms with Gasteiger partial charge >= 0.3 is 0 Å². The van der Waals surface area contributed by atoms with Crippen molar-refractivity contribution in [2.24, 2.45) is 23.0 Å². The van der Waals surface area contributed by atoms with Crippen LogP contribution in [0.5, 0.6) is 0 Å². The van der Waals surface area contributed by atoms with E-state index in [1.807, 2.05) is 0 Å². The van der Waals surface area contributed by atoms with E-state index in [-0.39, 0.29) is 5.41 Å². The average molecular weight is 184 g/mol. The second kappa shape index (κ2) is 3.97. The molecule has 2 atom stereocenters. The summed E-state index contributed by atoms with van der Waals surface area (Å²) in [5.74, 6) is 1.71. The van der Waals surface area contributed by atoms with Crippen LogP contribution in [-0.2, 0) is 0 Å². The van der Waals surface area contributed by atoms with Crippen LogP contribution in [0, 0.1) is 17.3 Å². The van der Waals surface area contributed by atoms with Gasteiger partial charge in [0.15, 0.2) is 0 Å². The minimum Gasteiger partial charge on any atom is -0.330 e. The molecule has 2 unspecified atom stereocenters. The van der Waals surface area contributed by atoms with Crippen molar-refractivity contribution in [1.29, 1.82) is 0 Å². The van der Waals surface area contributed by atoms with E-state index in [1.165, 1.54) is 13.1 Å². The van der Waals surface area contributed by atoms with Crippen LogP contribution in [0.25, 0.3) is 0 Å². The first kappa shape index (κ1) is 11.0. The van der Waals surface area contributed by atoms with Crippen LogP contribution in [0.1, 0.15) is 27.7 Å². The molecule has 1 rings (SSSR count). The van der Waals surface area contributed by atoms with Crippen LogP contribution in [0.15, 0.2) is 0 Å². The summed E-state index contributed by atoms with van der Waals surface area (Å²) in [6.07, 6.45) is 0. The van der Waals surface area contributed by atoms with Crippen LogP contribution in [0.4, 0.5) is 0 Å². The van der Waals surface area contributed by atoms with Crippen molar-refractivity contribution in [3.8, 4) is 0 Å². The zero-order chi connectivity index (χ0) is 10.1. The van der Waals surface area contributed by atoms with E-state index >= 15 is 0 Å². The average Bonchev–Trinajstić information content (AvgIpc) is 2.30. The second-order valence-corrected chi connectivity index (χ2v) is 5.52. The highest BCUT2D eigenvalue weighted by molar-refractivity contribution is 4.83. The first-order valence-corrected chi connectivity index (χ1v) is 5.37. The highest BCUT2D eigenvalue weighted by atomic mass is 15.2. The fraction of sp³-hybridized carbons (Fsp3) is 1.00. The lowest BCUT2D eigenvalue weighted by atomic mass is 9.93. The molecule has 1 saturated heterocycles. The maximum atomic E-state index is 5.73. The first-order valence-electron chi connectivity index (χ1n) is 5.37. The molecule has 0 aromatic carbocycles. The van der Waals surface area contributed by atoms with Crippen LogP contribution in [-0.4, -0.2) is 31.1 Å². The summed E-state index contributed by atoms with van der Waals surface area (Å²) in [5.41, 5.74) is 6.01. The van der Waals surface area contributed by atoms with Gasteiger partial charge in [-0.25, -0.2) is 0 Å². The standard InChI is InChI=1S/C11H24N2/c1-9-5-13(6-10(9)2)8-11(3,4)7-12/h9-10H,5-8,12H2,1-4H3. The number of likely N-dealkylation sites (tertiary alicyclic amines) is 1. The molecule has 13 heavy (non-hydrogen) atoms. The van der Waals surface area contributed by atoms with Crippen molar-refractivity contribution in [2.75, 3.05) is 26.2 Å². The summed E-state index contributed by atoms with van der Waals surface area (Å²) in [6.45, 7) is 13.6. The SMILES string of the molecule is CC1CN(CC(C)(C)CN)CC1C. The highest BCUT2D eigenvalue weighted by Crippen LogP contribution is 2.25. The number of rotatable bonds is 3. The molecule has 1 heterocycles. The first-order chi connectivity index (χ1) is 5.94. The van der Waals surface area contributed by atoms with Gasteiger partial charge in [0.2, 0.25) is 0 Å². The van der Waals surface area contributed by atoms with Crippen LogP contribution < -0.4 is 5.73 Å². The molecule has 0 bridgehead atoms. The molecule has 0 aromatic heterocycles. The van der Waals surface area contributed by atoms with Crippen LogP contribution >= 0.6 is 0 Å². The molecule has 0 amide bonds. The lowest BCUT2D eigenvalue weighted by Gasteiger charge is -2.28. The highest BCUT2D eigenvalue weighted by Gasteiger charge is 2.29. The maximum Gasteiger partial charge on any atom is 0.00450 e. The molecule has 2 N–H and O–H groups in total. The van der Waals surface area contributed by atoms with Crippen molar-refractivity contribution < 1.29 is 0 Å². The largest absolute Gasteiger partial charge is 0.330 e. The van der Waals surface area contributed by atoms with Crippen molar-refractivity contribution in [1.82, 2.24) is 4.90 Å². The van der Waals surface area contributed by atoms with Gasteiger partial charge in [-0.1, -0.05) is 27.7 Å². The zero-order valence-corrected chi connectivity index (χ0v) is 9.51. The molecule has 0 aromatic rings. The third-order valence-corrected chi connectivity index (χ3v) is 3.27. The molecule has 1 aliphatic rings. The molecule has 2 heteroatoms. The van der Waals surface area contributed by atoms with Crippen molar-refractivity contribution in [3.05, 3.63) is 0 Å². The van der Waals surface area contributed by atoms with Gasteiger partial charge in [-0.3, -0.25) is 0 Å². The summed E-state index contributed by atoms with van der Waals surface area (Å²) in [6, 6.07) is 0. The van der Waals surface area contributed by atoms with Gasteiger partial charge in [-0.2, -0.15) is 0 Å². The van der Waals surface area contributed by atoms with Crippen molar-refractivity contribution in [3.63, 3.8) is 0 Å². The lowest BCUT2D eigenvalue weighted by molar-refractivity contribution is 0.209. The molecule has 1 fully saturated rings. The van der Waals surface area contributed by atoms with E-state index in [9.17, 15) is 0 Å². The third-order valence-electron chi connectivity index (χ3n) is 3.27. The Kier molecular flexibility index (Phi) is 3.36. The van der Waals surface area contributed by atoms with E-state index in [4.69, 9.17) is 5.73 Å². The quantitative estimate of drug-likeness (QED) is 0.721. The van der Waals surface area contributed by atoms with Crippen molar-refractivity contribution >= 4 is 0 Å². The smallest absolute Gasteiger partial charge is 0.00450 e. The minimum absolute atomic E-state index is 0.282. The van der Waals surface area contributed by atoms with E-state index < -0.39 is 0 Å². The Morgan fingerprint density at radius 2 is 1.69 bits per heavy atom. The van der Waals surface area contributed by atoms with Gasteiger partial charge in [0.1, 0.15) is 0 Å². The molecule has 0 aliphatic carbocycles. The molecule has 1 aliphatic heterocycles. The third kappa shape index (κ3) is 2.96.